The van der Waals surface area contributed by atoms with Crippen molar-refractivity contribution < 1.29 is 4.79 Å². The summed E-state index contributed by atoms with van der Waals surface area (Å²) in [4.78, 5) is 20.4. The molecule has 1 amide bonds. The number of nitrogens with zero attached hydrogens (tertiary/aromatic N) is 2. The number of thioether (sulfide) groups is 1. The van der Waals surface area contributed by atoms with Crippen molar-refractivity contribution in [3.63, 3.8) is 0 Å². The Morgan fingerprint density at radius 3 is 2.71 bits per heavy atom. The van der Waals surface area contributed by atoms with Crippen LogP contribution in [0, 0.1) is 13.8 Å². The topological polar surface area (TPSA) is 44.7 Å². The monoisotopic (exact) mass is 433 g/mol. The van der Waals surface area contributed by atoms with Gasteiger partial charge in [-0.1, -0.05) is 30.7 Å². The maximum absolute atomic E-state index is 12.6. The summed E-state index contributed by atoms with van der Waals surface area (Å²) < 4.78 is 0. The molecule has 162 valence electrons. The fraction of sp³-hybridized carbons (Fsp3) is 0.385. The van der Waals surface area contributed by atoms with Gasteiger partial charge in [-0.05, 0) is 99.7 Å². The van der Waals surface area contributed by atoms with Crippen LogP contribution in [0.5, 0.6) is 0 Å². The van der Waals surface area contributed by atoms with Gasteiger partial charge in [-0.2, -0.15) is 0 Å². The molecular formula is C26H31N3OS. The summed E-state index contributed by atoms with van der Waals surface area (Å²) >= 11 is 1.40. The lowest BCUT2D eigenvalue weighted by atomic mass is 9.79. The molecule has 1 saturated heterocycles. The van der Waals surface area contributed by atoms with Crippen molar-refractivity contribution >= 4 is 40.3 Å². The van der Waals surface area contributed by atoms with E-state index in [1.807, 2.05) is 25.1 Å². The number of hydrogen-bond acceptors (Lipinski definition) is 4. The highest BCUT2D eigenvalue weighted by Gasteiger charge is 2.35. The summed E-state index contributed by atoms with van der Waals surface area (Å²) in [7, 11) is 0. The normalized spacial score (nSPS) is 22.7. The number of carbonyl (C=O) groups is 1. The smallest absolute Gasteiger partial charge is 0.264 e. The molecule has 0 aromatic heterocycles. The molecule has 0 saturated carbocycles. The van der Waals surface area contributed by atoms with Gasteiger partial charge in [-0.3, -0.25) is 4.79 Å². The highest BCUT2D eigenvalue weighted by atomic mass is 32.2. The van der Waals surface area contributed by atoms with Gasteiger partial charge in [0.15, 0.2) is 5.17 Å². The Hall–Kier alpha value is -2.53. The molecule has 0 bridgehead atoms. The van der Waals surface area contributed by atoms with Crippen molar-refractivity contribution in [2.45, 2.75) is 59.4 Å². The van der Waals surface area contributed by atoms with Crippen molar-refractivity contribution in [1.82, 2.24) is 5.32 Å². The van der Waals surface area contributed by atoms with Gasteiger partial charge in [-0.15, -0.1) is 0 Å². The maximum Gasteiger partial charge on any atom is 0.264 e. The third kappa shape index (κ3) is 4.29. The highest BCUT2D eigenvalue weighted by Crippen LogP contribution is 2.43. The average molecular weight is 434 g/mol. The average Bonchev–Trinajstić information content (AvgIpc) is 3.03. The maximum atomic E-state index is 12.6. The summed E-state index contributed by atoms with van der Waals surface area (Å²) in [6, 6.07) is 12.7. The van der Waals surface area contributed by atoms with Gasteiger partial charge in [-0.25, -0.2) is 4.99 Å². The largest absolute Gasteiger partial charge is 0.366 e. The lowest BCUT2D eigenvalue weighted by molar-refractivity contribution is -0.115. The van der Waals surface area contributed by atoms with E-state index in [0.29, 0.717) is 16.0 Å². The van der Waals surface area contributed by atoms with Crippen molar-refractivity contribution in [3.05, 3.63) is 63.6 Å². The van der Waals surface area contributed by atoms with Gasteiger partial charge in [0.1, 0.15) is 0 Å². The summed E-state index contributed by atoms with van der Waals surface area (Å²) in [5.41, 5.74) is 7.09. The molecule has 4 nitrogen and oxygen atoms in total. The number of amides is 1. The molecule has 2 aliphatic heterocycles. The highest BCUT2D eigenvalue weighted by molar-refractivity contribution is 8.18. The zero-order valence-electron chi connectivity index (χ0n) is 19.2. The minimum absolute atomic E-state index is 0.0874. The molecule has 5 heteroatoms. The second-order valence-corrected chi connectivity index (χ2v) is 10.3. The molecule has 4 rings (SSSR count). The number of amidine groups is 1. The molecule has 2 aromatic rings. The van der Waals surface area contributed by atoms with Crippen LogP contribution in [0.3, 0.4) is 0 Å². The van der Waals surface area contributed by atoms with E-state index in [0.717, 1.165) is 29.8 Å². The second kappa shape index (κ2) is 8.19. The number of anilines is 1. The van der Waals surface area contributed by atoms with E-state index in [1.54, 1.807) is 0 Å². The Balaban J connectivity index is 1.62. The third-order valence-electron chi connectivity index (χ3n) is 6.25. The molecule has 0 spiro atoms. The van der Waals surface area contributed by atoms with Crippen LogP contribution < -0.4 is 10.2 Å². The first-order chi connectivity index (χ1) is 14.7. The molecule has 0 unspecified atom stereocenters. The number of benzene rings is 2. The number of nitrogens with one attached hydrogen (secondary N) is 1. The van der Waals surface area contributed by atoms with Crippen LogP contribution >= 0.6 is 11.8 Å². The first kappa shape index (κ1) is 21.7. The van der Waals surface area contributed by atoms with Crippen LogP contribution in [-0.4, -0.2) is 23.2 Å². The van der Waals surface area contributed by atoms with Gasteiger partial charge in [0.05, 0.1) is 10.6 Å². The Morgan fingerprint density at radius 2 is 2.00 bits per heavy atom. The first-order valence-corrected chi connectivity index (χ1v) is 11.8. The lowest BCUT2D eigenvalue weighted by Gasteiger charge is -2.47. The zero-order chi connectivity index (χ0) is 22.3. The van der Waals surface area contributed by atoms with Crippen LogP contribution in [0.25, 0.3) is 6.08 Å². The molecule has 2 aromatic carbocycles. The molecular weight excluding hydrogens is 402 g/mol. The van der Waals surface area contributed by atoms with Crippen LogP contribution in [0.2, 0.25) is 0 Å². The summed E-state index contributed by atoms with van der Waals surface area (Å²) in [5.74, 6) is 0.397. The second-order valence-electron chi connectivity index (χ2n) is 9.25. The number of aliphatic imine (C=N–C) groups is 1. The lowest BCUT2D eigenvalue weighted by Crippen LogP contribution is -2.48. The summed E-state index contributed by atoms with van der Waals surface area (Å²) in [6.45, 7) is 14.3. The summed E-state index contributed by atoms with van der Waals surface area (Å²) in [6.07, 6.45) is 3.10. The van der Waals surface area contributed by atoms with Crippen LogP contribution in [-0.2, 0) is 4.79 Å². The van der Waals surface area contributed by atoms with Crippen molar-refractivity contribution in [2.75, 3.05) is 11.4 Å². The van der Waals surface area contributed by atoms with E-state index in [2.05, 4.69) is 74.1 Å². The first-order valence-electron chi connectivity index (χ1n) is 11.0. The SMILES string of the molecule is CCN1c2ccc(/C=C3\SC(=Nc4ccc(C)cc4C)NC3=O)cc2[C@H](C)CC1(C)C. The molecule has 2 aliphatic rings. The predicted octanol–water partition coefficient (Wildman–Crippen LogP) is 6.31. The Morgan fingerprint density at radius 1 is 1.23 bits per heavy atom. The molecule has 1 atom stereocenters. The number of fused-ring (bicyclic) bond motifs is 1. The molecule has 2 heterocycles. The minimum Gasteiger partial charge on any atom is -0.366 e. The predicted molar refractivity (Wildman–Crippen MR) is 133 cm³/mol. The van der Waals surface area contributed by atoms with Crippen LogP contribution in [0.15, 0.2) is 46.3 Å². The number of aryl methyl sites for hydroxylation is 2. The van der Waals surface area contributed by atoms with Crippen LogP contribution in [0.4, 0.5) is 11.4 Å². The summed E-state index contributed by atoms with van der Waals surface area (Å²) in [5, 5.41) is 3.54. The van der Waals surface area contributed by atoms with Gasteiger partial charge in [0.2, 0.25) is 0 Å². The number of hydrogen-bond donors (Lipinski definition) is 1. The number of carbonyl (C=O) groups excluding carboxylic acids is 1. The zero-order valence-corrected chi connectivity index (χ0v) is 20.1. The Labute approximate surface area is 189 Å². The van der Waals surface area contributed by atoms with Gasteiger partial charge in [0.25, 0.3) is 5.91 Å². The van der Waals surface area contributed by atoms with E-state index >= 15 is 0 Å². The van der Waals surface area contributed by atoms with E-state index < -0.39 is 0 Å². The van der Waals surface area contributed by atoms with E-state index in [1.165, 1.54) is 28.6 Å². The molecule has 0 radical (unpaired) electrons. The van der Waals surface area contributed by atoms with E-state index in [-0.39, 0.29) is 11.4 Å². The van der Waals surface area contributed by atoms with Gasteiger partial charge < -0.3 is 10.2 Å². The third-order valence-corrected chi connectivity index (χ3v) is 7.16. The molecule has 1 fully saturated rings. The van der Waals surface area contributed by atoms with Crippen molar-refractivity contribution in [1.29, 1.82) is 0 Å². The minimum atomic E-state index is -0.0874. The quantitative estimate of drug-likeness (QED) is 0.577. The van der Waals surface area contributed by atoms with Crippen LogP contribution in [0.1, 0.15) is 62.3 Å². The Kier molecular flexibility index (Phi) is 5.73. The van der Waals surface area contributed by atoms with E-state index in [4.69, 9.17) is 0 Å². The van der Waals surface area contributed by atoms with Gasteiger partial charge in [0, 0.05) is 17.8 Å². The van der Waals surface area contributed by atoms with Crippen molar-refractivity contribution in [2.24, 2.45) is 4.99 Å². The molecule has 1 N–H and O–H groups in total. The standard InChI is InChI=1S/C26H31N3OS/c1-7-29-22-11-9-19(13-20(22)18(4)15-26(29,5)6)14-23-24(30)28-25(31-23)27-21-10-8-16(2)12-17(21)3/h8-14,18H,7,15H2,1-6H3,(H,27,28,30)/b23-14-/t18-/m1/s1. The fourth-order valence-corrected chi connectivity index (χ4v) is 5.70. The van der Waals surface area contributed by atoms with Crippen molar-refractivity contribution in [3.8, 4) is 0 Å². The molecule has 0 aliphatic carbocycles. The molecule has 31 heavy (non-hydrogen) atoms. The fourth-order valence-electron chi connectivity index (χ4n) is 4.87. The van der Waals surface area contributed by atoms with Gasteiger partial charge >= 0.3 is 0 Å². The van der Waals surface area contributed by atoms with E-state index in [9.17, 15) is 4.79 Å². The Bertz CT molecular complexity index is 1100. The number of rotatable bonds is 3.